The molecule has 2 aliphatic rings. The lowest BCUT2D eigenvalue weighted by Crippen LogP contribution is -2.32. The number of ether oxygens (including phenoxy) is 3. The zero-order valence-electron chi connectivity index (χ0n) is 20.2. The number of aromatic nitrogens is 2. The number of fused-ring (bicyclic) bond motifs is 2. The fourth-order valence-electron chi connectivity index (χ4n) is 4.22. The lowest BCUT2D eigenvalue weighted by molar-refractivity contribution is -0.0459. The van der Waals surface area contributed by atoms with E-state index in [0.717, 1.165) is 5.56 Å². The third kappa shape index (κ3) is 5.41. The Labute approximate surface area is 223 Å². The van der Waals surface area contributed by atoms with Gasteiger partial charge >= 0.3 is 11.7 Å². The zero-order chi connectivity index (χ0) is 26.6. The molecule has 0 radical (unpaired) electrons. The van der Waals surface area contributed by atoms with Crippen molar-refractivity contribution in [2.75, 3.05) is 30.4 Å². The summed E-state index contributed by atoms with van der Waals surface area (Å²) in [6.07, 6.45) is -0.840. The lowest BCUT2D eigenvalue weighted by Gasteiger charge is -2.24. The summed E-state index contributed by atoms with van der Waals surface area (Å²) in [5, 5.41) is 28.0. The van der Waals surface area contributed by atoms with E-state index in [1.54, 1.807) is 24.3 Å². The first-order valence-corrected chi connectivity index (χ1v) is 12.6. The second-order valence-electron chi connectivity index (χ2n) is 8.66. The van der Waals surface area contributed by atoms with Gasteiger partial charge in [0.1, 0.15) is 30.4 Å². The molecule has 38 heavy (non-hydrogen) atoms. The quantitative estimate of drug-likeness (QED) is 0.146. The Kier molecular flexibility index (Phi) is 7.69. The average molecular weight is 542 g/mol. The van der Waals surface area contributed by atoms with E-state index in [1.165, 1.54) is 10.8 Å². The monoisotopic (exact) mass is 541 g/mol. The molecule has 1 aromatic heterocycles. The topological polar surface area (TPSA) is 156 Å². The minimum atomic E-state index is -0.892. The number of carbonyl (C=O) groups excluding carboxylic acids is 1. The van der Waals surface area contributed by atoms with Crippen molar-refractivity contribution < 1.29 is 29.2 Å². The molecule has 0 aliphatic carbocycles. The highest BCUT2D eigenvalue weighted by molar-refractivity contribution is 7.79. The molecule has 13 heteroatoms. The molecule has 0 saturated carbocycles. The van der Waals surface area contributed by atoms with E-state index in [9.17, 15) is 19.8 Å². The van der Waals surface area contributed by atoms with Crippen LogP contribution in [0.3, 0.4) is 0 Å². The lowest BCUT2D eigenvalue weighted by atomic mass is 10.2. The van der Waals surface area contributed by atoms with Crippen molar-refractivity contribution in [2.24, 2.45) is 0 Å². The molecule has 200 valence electrons. The second kappa shape index (κ2) is 11.3. The Morgan fingerprint density at radius 2 is 2.08 bits per heavy atom. The van der Waals surface area contributed by atoms with Crippen molar-refractivity contribution in [1.29, 1.82) is 0 Å². The summed E-state index contributed by atoms with van der Waals surface area (Å²) in [4.78, 5) is 29.0. The van der Waals surface area contributed by atoms with Crippen LogP contribution in [0, 0.1) is 0 Å². The van der Waals surface area contributed by atoms with E-state index in [-0.39, 0.29) is 38.0 Å². The number of nitrogens with one attached hydrogen (secondary N) is 3. The number of thiol groups is 1. The van der Waals surface area contributed by atoms with Crippen molar-refractivity contribution in [2.45, 2.75) is 30.6 Å². The number of hydrogen-bond acceptors (Lipinski definition) is 10. The molecule has 1 saturated heterocycles. The number of nitrogens with zero attached hydrogens (tertiary/aromatic N) is 2. The van der Waals surface area contributed by atoms with Crippen LogP contribution in [-0.2, 0) is 10.5 Å². The Morgan fingerprint density at radius 3 is 2.87 bits per heavy atom. The van der Waals surface area contributed by atoms with Crippen LogP contribution in [0.15, 0.2) is 53.5 Å². The molecule has 12 nitrogen and oxygen atoms in total. The van der Waals surface area contributed by atoms with E-state index < -0.39 is 24.1 Å². The minimum Gasteiger partial charge on any atom is -0.489 e. The van der Waals surface area contributed by atoms with Gasteiger partial charge in [0, 0.05) is 17.9 Å². The Balaban J connectivity index is 1.21. The molecule has 0 spiro atoms. The molecule has 0 bridgehead atoms. The molecule has 3 heterocycles. The maximum atomic E-state index is 12.7. The SMILES string of the molecule is O=C(NCCOc1cccc2c1Nc1nc(=O)n([C@H]3C[C@H](O)[C@@H](CO)O3)cc1O2)Nc1ccccc1CS. The van der Waals surface area contributed by atoms with Gasteiger partial charge in [-0.1, -0.05) is 24.3 Å². The van der Waals surface area contributed by atoms with Gasteiger partial charge in [-0.05, 0) is 23.8 Å². The van der Waals surface area contributed by atoms with Crippen molar-refractivity contribution in [1.82, 2.24) is 14.9 Å². The van der Waals surface area contributed by atoms with E-state index in [4.69, 9.17) is 14.2 Å². The largest absolute Gasteiger partial charge is 0.489 e. The number of hydrogen-bond donors (Lipinski definition) is 6. The van der Waals surface area contributed by atoms with Crippen LogP contribution >= 0.6 is 12.6 Å². The van der Waals surface area contributed by atoms with Gasteiger partial charge in [-0.25, -0.2) is 9.59 Å². The van der Waals surface area contributed by atoms with Crippen LogP contribution in [0.2, 0.25) is 0 Å². The molecule has 3 atom stereocenters. The van der Waals surface area contributed by atoms with E-state index in [0.29, 0.717) is 34.4 Å². The van der Waals surface area contributed by atoms with E-state index in [1.807, 2.05) is 18.2 Å². The fourth-order valence-corrected chi connectivity index (χ4v) is 4.50. The fraction of sp³-hybridized carbons (Fsp3) is 0.320. The van der Waals surface area contributed by atoms with Gasteiger partial charge < -0.3 is 40.4 Å². The van der Waals surface area contributed by atoms with Crippen LogP contribution in [-0.4, -0.2) is 57.8 Å². The first-order valence-electron chi connectivity index (χ1n) is 12.0. The Bertz CT molecular complexity index is 1380. The van der Waals surface area contributed by atoms with Gasteiger partial charge in [0.15, 0.2) is 17.3 Å². The number of anilines is 3. The van der Waals surface area contributed by atoms with Gasteiger partial charge in [-0.2, -0.15) is 17.6 Å². The summed E-state index contributed by atoms with van der Waals surface area (Å²) in [6.45, 7) is 0.0548. The molecule has 0 unspecified atom stereocenters. The van der Waals surface area contributed by atoms with Gasteiger partial charge in [0.25, 0.3) is 0 Å². The van der Waals surface area contributed by atoms with Crippen LogP contribution in [0.4, 0.5) is 22.0 Å². The number of aliphatic hydroxyl groups is 2. The third-order valence-electron chi connectivity index (χ3n) is 6.14. The van der Waals surface area contributed by atoms with Crippen LogP contribution in [0.5, 0.6) is 17.2 Å². The molecule has 2 aromatic carbocycles. The molecular formula is C25H27N5O7S. The van der Waals surface area contributed by atoms with Gasteiger partial charge in [-0.3, -0.25) is 4.57 Å². The number of aliphatic hydroxyl groups excluding tert-OH is 2. The van der Waals surface area contributed by atoms with Gasteiger partial charge in [-0.15, -0.1) is 0 Å². The first kappa shape index (κ1) is 25.9. The van der Waals surface area contributed by atoms with Crippen molar-refractivity contribution in [3.05, 3.63) is 64.7 Å². The van der Waals surface area contributed by atoms with Crippen molar-refractivity contribution >= 4 is 35.9 Å². The Hall–Kier alpha value is -3.78. The highest BCUT2D eigenvalue weighted by atomic mass is 32.1. The predicted molar refractivity (Wildman–Crippen MR) is 142 cm³/mol. The number of carbonyl (C=O) groups is 1. The standard InChI is InChI=1S/C25H27N5O7S/c31-12-20-16(32)10-21(37-20)30-11-19-23(29-25(30)34)28-22-17(6-3-7-18(22)36-19)35-9-8-26-24(33)27-15-5-2-1-4-14(15)13-38/h1-7,11,16,20-21,31-32,38H,8-10,12-13H2,(H2,26,27,33)(H,28,29,34)/t16-,20+,21+/m0/s1. The molecule has 5 N–H and O–H groups in total. The van der Waals surface area contributed by atoms with E-state index >= 15 is 0 Å². The zero-order valence-corrected chi connectivity index (χ0v) is 21.1. The molecule has 3 aromatic rings. The Morgan fingerprint density at radius 1 is 1.24 bits per heavy atom. The number of amides is 2. The van der Waals surface area contributed by atoms with Crippen molar-refractivity contribution in [3.63, 3.8) is 0 Å². The summed E-state index contributed by atoms with van der Waals surface area (Å²) in [6, 6.07) is 12.3. The molecular weight excluding hydrogens is 514 g/mol. The second-order valence-corrected chi connectivity index (χ2v) is 8.98. The summed E-state index contributed by atoms with van der Waals surface area (Å²) < 4.78 is 18.6. The van der Waals surface area contributed by atoms with Crippen LogP contribution in [0.25, 0.3) is 0 Å². The summed E-state index contributed by atoms with van der Waals surface area (Å²) in [5.74, 6) is 1.90. The number of benzene rings is 2. The number of urea groups is 1. The maximum absolute atomic E-state index is 12.7. The predicted octanol–water partition coefficient (Wildman–Crippen LogP) is 2.36. The third-order valence-corrected chi connectivity index (χ3v) is 6.49. The van der Waals surface area contributed by atoms with Crippen LogP contribution < -0.4 is 31.1 Å². The van der Waals surface area contributed by atoms with Crippen LogP contribution in [0.1, 0.15) is 18.2 Å². The molecule has 5 rings (SSSR count). The van der Waals surface area contributed by atoms with Gasteiger partial charge in [0.2, 0.25) is 0 Å². The minimum absolute atomic E-state index is 0.140. The summed E-state index contributed by atoms with van der Waals surface area (Å²) >= 11 is 4.27. The highest BCUT2D eigenvalue weighted by Crippen LogP contribution is 2.45. The molecule has 1 fully saturated rings. The average Bonchev–Trinajstić information content (AvgIpc) is 3.30. The van der Waals surface area contributed by atoms with Crippen molar-refractivity contribution in [3.8, 4) is 17.2 Å². The van der Waals surface area contributed by atoms with Gasteiger partial charge in [0.05, 0.1) is 25.5 Å². The number of para-hydroxylation sites is 2. The highest BCUT2D eigenvalue weighted by Gasteiger charge is 2.36. The summed E-state index contributed by atoms with van der Waals surface area (Å²) in [7, 11) is 0. The number of rotatable bonds is 8. The normalized spacial score (nSPS) is 19.5. The molecule has 2 amide bonds. The summed E-state index contributed by atoms with van der Waals surface area (Å²) in [5.41, 5.74) is 1.48. The molecule has 2 aliphatic heterocycles. The van der Waals surface area contributed by atoms with E-state index in [2.05, 4.69) is 33.6 Å². The first-order chi connectivity index (χ1) is 18.5. The smallest absolute Gasteiger partial charge is 0.351 e. The maximum Gasteiger partial charge on any atom is 0.351 e.